The largest absolute Gasteiger partial charge is 0.494 e. The number of H-pyrrole nitrogens is 1. The van der Waals surface area contributed by atoms with Crippen molar-refractivity contribution in [1.82, 2.24) is 14.9 Å². The van der Waals surface area contributed by atoms with E-state index in [1.165, 1.54) is 20.1 Å². The number of carbonyl (C=O) groups is 1. The van der Waals surface area contributed by atoms with E-state index in [-0.39, 0.29) is 11.7 Å². The van der Waals surface area contributed by atoms with Gasteiger partial charge in [-0.1, -0.05) is 0 Å². The number of benzene rings is 1. The van der Waals surface area contributed by atoms with Crippen molar-refractivity contribution in [3.8, 4) is 5.75 Å². The number of carbonyl (C=O) groups excluding carboxylic acids is 1. The number of amides is 1. The molecule has 1 amide bonds. The molecule has 5 nitrogen and oxygen atoms in total. The van der Waals surface area contributed by atoms with Crippen LogP contribution in [-0.2, 0) is 11.3 Å². The number of hydrogen-bond donors (Lipinski definition) is 2. The van der Waals surface area contributed by atoms with Gasteiger partial charge in [-0.15, -0.1) is 0 Å². The summed E-state index contributed by atoms with van der Waals surface area (Å²) >= 11 is 5.19. The molecule has 0 bridgehead atoms. The van der Waals surface area contributed by atoms with Crippen molar-refractivity contribution in [3.05, 3.63) is 22.7 Å². The quantitative estimate of drug-likeness (QED) is 0.844. The molecule has 0 aliphatic heterocycles. The molecule has 0 spiro atoms. The summed E-state index contributed by atoms with van der Waals surface area (Å²) in [5.74, 6) is -0.384. The predicted octanol–water partition coefficient (Wildman–Crippen LogP) is 1.98. The first kappa shape index (κ1) is 13.5. The summed E-state index contributed by atoms with van der Waals surface area (Å²) in [6.45, 7) is 2.41. The maximum Gasteiger partial charge on any atom is 0.216 e. The van der Waals surface area contributed by atoms with Crippen molar-refractivity contribution < 1.29 is 13.9 Å². The van der Waals surface area contributed by atoms with E-state index in [0.29, 0.717) is 23.4 Å². The second kappa shape index (κ2) is 5.40. The van der Waals surface area contributed by atoms with Crippen LogP contribution in [0.3, 0.4) is 0 Å². The third-order valence-corrected chi connectivity index (χ3v) is 3.08. The van der Waals surface area contributed by atoms with Crippen molar-refractivity contribution in [2.75, 3.05) is 13.7 Å². The van der Waals surface area contributed by atoms with Gasteiger partial charge in [-0.05, 0) is 12.2 Å². The first-order valence-corrected chi connectivity index (χ1v) is 6.14. The molecule has 2 N–H and O–H groups in total. The summed E-state index contributed by atoms with van der Waals surface area (Å²) in [5.41, 5.74) is 1.35. The van der Waals surface area contributed by atoms with Crippen LogP contribution >= 0.6 is 12.2 Å². The van der Waals surface area contributed by atoms with Crippen LogP contribution in [0, 0.1) is 10.6 Å². The minimum absolute atomic E-state index is 0.102. The van der Waals surface area contributed by atoms with Crippen molar-refractivity contribution in [3.63, 3.8) is 0 Å². The summed E-state index contributed by atoms with van der Waals surface area (Å²) in [6, 6.07) is 2.93. The fraction of sp³-hybridized carbons (Fsp3) is 0.333. The van der Waals surface area contributed by atoms with Gasteiger partial charge in [-0.3, -0.25) is 4.79 Å². The topological polar surface area (TPSA) is 59.0 Å². The monoisotopic (exact) mass is 283 g/mol. The number of fused-ring (bicyclic) bond motifs is 1. The average molecular weight is 283 g/mol. The van der Waals surface area contributed by atoms with Crippen LogP contribution in [0.25, 0.3) is 11.0 Å². The van der Waals surface area contributed by atoms with Crippen LogP contribution in [0.1, 0.15) is 6.92 Å². The second-order valence-corrected chi connectivity index (χ2v) is 4.46. The highest BCUT2D eigenvalue weighted by molar-refractivity contribution is 7.71. The Hall–Kier alpha value is -1.89. The lowest BCUT2D eigenvalue weighted by atomic mass is 10.3. The molecule has 2 rings (SSSR count). The van der Waals surface area contributed by atoms with Crippen LogP contribution < -0.4 is 10.1 Å². The molecular weight excluding hydrogens is 269 g/mol. The van der Waals surface area contributed by atoms with Crippen LogP contribution in [0.4, 0.5) is 4.39 Å². The Morgan fingerprint density at radius 3 is 2.95 bits per heavy atom. The number of ether oxygens (including phenoxy) is 1. The number of aromatic amines is 1. The third kappa shape index (κ3) is 2.76. The van der Waals surface area contributed by atoms with Gasteiger partial charge in [0.1, 0.15) is 0 Å². The van der Waals surface area contributed by atoms with Gasteiger partial charge in [0.2, 0.25) is 5.91 Å². The zero-order valence-corrected chi connectivity index (χ0v) is 11.4. The summed E-state index contributed by atoms with van der Waals surface area (Å²) in [7, 11) is 1.41. The van der Waals surface area contributed by atoms with Gasteiger partial charge in [0.15, 0.2) is 16.3 Å². The van der Waals surface area contributed by atoms with E-state index >= 15 is 0 Å². The van der Waals surface area contributed by atoms with E-state index in [4.69, 9.17) is 17.0 Å². The van der Waals surface area contributed by atoms with E-state index in [9.17, 15) is 9.18 Å². The normalized spacial score (nSPS) is 10.7. The smallest absolute Gasteiger partial charge is 0.216 e. The zero-order chi connectivity index (χ0) is 14.0. The molecule has 7 heteroatoms. The Bertz CT molecular complexity index is 677. The fourth-order valence-corrected chi connectivity index (χ4v) is 2.18. The molecule has 0 saturated heterocycles. The van der Waals surface area contributed by atoms with Crippen LogP contribution in [0.15, 0.2) is 12.1 Å². The molecule has 1 aromatic carbocycles. The summed E-state index contributed by atoms with van der Waals surface area (Å²) in [5, 5.41) is 2.69. The summed E-state index contributed by atoms with van der Waals surface area (Å²) < 4.78 is 20.8. The van der Waals surface area contributed by atoms with Crippen LogP contribution in [-0.4, -0.2) is 29.1 Å². The van der Waals surface area contributed by atoms with E-state index in [2.05, 4.69) is 10.3 Å². The lowest BCUT2D eigenvalue weighted by molar-refractivity contribution is -0.118. The van der Waals surface area contributed by atoms with Crippen molar-refractivity contribution in [2.24, 2.45) is 0 Å². The zero-order valence-electron chi connectivity index (χ0n) is 10.6. The number of nitrogens with one attached hydrogen (secondary N) is 2. The molecule has 102 valence electrons. The third-order valence-electron chi connectivity index (χ3n) is 2.76. The number of hydrogen-bond acceptors (Lipinski definition) is 3. The predicted molar refractivity (Wildman–Crippen MR) is 72.3 cm³/mol. The lowest BCUT2D eigenvalue weighted by Crippen LogP contribution is -2.24. The SMILES string of the molecule is COc1cc2c(cc1F)[nH]c(=S)n2CCNC(C)=O. The summed E-state index contributed by atoms with van der Waals surface area (Å²) in [6.07, 6.45) is 0. The van der Waals surface area contributed by atoms with Gasteiger partial charge >= 0.3 is 0 Å². The van der Waals surface area contributed by atoms with Crippen molar-refractivity contribution >= 4 is 29.2 Å². The van der Waals surface area contributed by atoms with E-state index in [0.717, 1.165) is 5.52 Å². The average Bonchev–Trinajstić information content (AvgIpc) is 2.63. The molecule has 0 aliphatic rings. The Labute approximate surface area is 114 Å². The molecule has 0 saturated carbocycles. The van der Waals surface area contributed by atoms with Gasteiger partial charge in [0, 0.05) is 32.1 Å². The molecule has 0 radical (unpaired) electrons. The van der Waals surface area contributed by atoms with Gasteiger partial charge in [-0.2, -0.15) is 0 Å². The highest BCUT2D eigenvalue weighted by Crippen LogP contribution is 2.24. The van der Waals surface area contributed by atoms with Crippen molar-refractivity contribution in [1.29, 1.82) is 0 Å². The molecule has 0 unspecified atom stereocenters. The molecule has 0 aliphatic carbocycles. The maximum atomic E-state index is 13.6. The fourth-order valence-electron chi connectivity index (χ4n) is 1.88. The number of methoxy groups -OCH3 is 1. The number of rotatable bonds is 4. The lowest BCUT2D eigenvalue weighted by Gasteiger charge is -2.07. The molecule has 0 fully saturated rings. The van der Waals surface area contributed by atoms with E-state index in [1.807, 2.05) is 0 Å². The standard InChI is InChI=1S/C12H14FN3O2S/c1-7(17)14-3-4-16-10-6-11(18-2)8(13)5-9(10)15-12(16)19/h5-6H,3-4H2,1-2H3,(H,14,17)(H,15,19). The van der Waals surface area contributed by atoms with E-state index in [1.54, 1.807) is 10.6 Å². The van der Waals surface area contributed by atoms with Gasteiger partial charge < -0.3 is 19.6 Å². The first-order chi connectivity index (χ1) is 9.02. The first-order valence-electron chi connectivity index (χ1n) is 5.73. The molecular formula is C12H14FN3O2S. The molecule has 1 aromatic heterocycles. The minimum Gasteiger partial charge on any atom is -0.494 e. The van der Waals surface area contributed by atoms with E-state index < -0.39 is 5.82 Å². The highest BCUT2D eigenvalue weighted by Gasteiger charge is 2.10. The number of nitrogens with zero attached hydrogens (tertiary/aromatic N) is 1. The van der Waals surface area contributed by atoms with Crippen molar-refractivity contribution in [2.45, 2.75) is 13.5 Å². The number of imidazole rings is 1. The number of halogens is 1. The highest BCUT2D eigenvalue weighted by atomic mass is 32.1. The van der Waals surface area contributed by atoms with Gasteiger partial charge in [-0.25, -0.2) is 4.39 Å². The second-order valence-electron chi connectivity index (χ2n) is 4.07. The van der Waals surface area contributed by atoms with Gasteiger partial charge in [0.25, 0.3) is 0 Å². The van der Waals surface area contributed by atoms with Gasteiger partial charge in [0.05, 0.1) is 18.1 Å². The Morgan fingerprint density at radius 1 is 1.58 bits per heavy atom. The molecule has 0 atom stereocenters. The molecule has 1 heterocycles. The molecule has 2 aromatic rings. The van der Waals surface area contributed by atoms with Crippen LogP contribution in [0.5, 0.6) is 5.75 Å². The Balaban J connectivity index is 2.39. The Kier molecular flexibility index (Phi) is 3.84. The number of aromatic nitrogens is 2. The molecule has 19 heavy (non-hydrogen) atoms. The minimum atomic E-state index is -0.444. The van der Waals surface area contributed by atoms with Crippen LogP contribution in [0.2, 0.25) is 0 Å². The maximum absolute atomic E-state index is 13.6. The Morgan fingerprint density at radius 2 is 2.32 bits per heavy atom. The summed E-state index contributed by atoms with van der Waals surface area (Å²) in [4.78, 5) is 13.8.